The number of sulfone groups is 1. The summed E-state index contributed by atoms with van der Waals surface area (Å²) in [5.74, 6) is 0.120. The average molecular weight is 263 g/mol. The zero-order chi connectivity index (χ0) is 13.2. The van der Waals surface area contributed by atoms with Gasteiger partial charge in [0.1, 0.15) is 0 Å². The van der Waals surface area contributed by atoms with Crippen molar-refractivity contribution < 1.29 is 8.42 Å². The molecule has 1 aromatic rings. The Labute approximate surface area is 108 Å². The Hall–Kier alpha value is -1.34. The lowest BCUT2D eigenvalue weighted by Gasteiger charge is -2.35. The SMILES string of the molecule is CCS(=O)(=O)c1ccc(CC2(C#N)CCC2)cc1. The van der Waals surface area contributed by atoms with Crippen LogP contribution in [0, 0.1) is 16.7 Å². The fourth-order valence-corrected chi connectivity index (χ4v) is 3.19. The van der Waals surface area contributed by atoms with Crippen molar-refractivity contribution >= 4 is 9.84 Å². The van der Waals surface area contributed by atoms with Crippen molar-refractivity contribution in [3.8, 4) is 6.07 Å². The van der Waals surface area contributed by atoms with Crippen molar-refractivity contribution in [3.05, 3.63) is 29.8 Å². The minimum atomic E-state index is -3.12. The van der Waals surface area contributed by atoms with Gasteiger partial charge in [0.25, 0.3) is 0 Å². The molecule has 4 heteroatoms. The first-order valence-corrected chi connectivity index (χ1v) is 7.89. The highest BCUT2D eigenvalue weighted by Crippen LogP contribution is 2.43. The Kier molecular flexibility index (Phi) is 3.45. The van der Waals surface area contributed by atoms with Crippen LogP contribution >= 0.6 is 0 Å². The topological polar surface area (TPSA) is 57.9 Å². The van der Waals surface area contributed by atoms with E-state index in [2.05, 4.69) is 6.07 Å². The predicted molar refractivity (Wildman–Crippen MR) is 69.8 cm³/mol. The number of nitriles is 1. The van der Waals surface area contributed by atoms with E-state index < -0.39 is 9.84 Å². The normalized spacial score (nSPS) is 17.8. The summed E-state index contributed by atoms with van der Waals surface area (Å²) >= 11 is 0. The molecule has 1 aliphatic rings. The summed E-state index contributed by atoms with van der Waals surface area (Å²) in [5.41, 5.74) is 0.844. The van der Waals surface area contributed by atoms with Crippen molar-refractivity contribution in [3.63, 3.8) is 0 Å². The minimum Gasteiger partial charge on any atom is -0.224 e. The standard InChI is InChI=1S/C14H17NO2S/c1-2-18(16,17)13-6-4-12(5-7-13)10-14(11-15)8-3-9-14/h4-7H,2-3,8-10H2,1H3. The molecule has 3 nitrogen and oxygen atoms in total. The van der Waals surface area contributed by atoms with Gasteiger partial charge in [-0.2, -0.15) is 5.26 Å². The Bertz CT molecular complexity index is 563. The highest BCUT2D eigenvalue weighted by molar-refractivity contribution is 7.91. The van der Waals surface area contributed by atoms with Crippen LogP contribution in [0.1, 0.15) is 31.7 Å². The second-order valence-corrected chi connectivity index (χ2v) is 7.25. The highest BCUT2D eigenvalue weighted by Gasteiger charge is 2.37. The lowest BCUT2D eigenvalue weighted by Crippen LogP contribution is -2.29. The highest BCUT2D eigenvalue weighted by atomic mass is 32.2. The molecular weight excluding hydrogens is 246 g/mol. The van der Waals surface area contributed by atoms with Gasteiger partial charge in [0.2, 0.25) is 0 Å². The summed E-state index contributed by atoms with van der Waals surface area (Å²) in [7, 11) is -3.12. The lowest BCUT2D eigenvalue weighted by molar-refractivity contribution is 0.214. The van der Waals surface area contributed by atoms with Gasteiger partial charge in [-0.1, -0.05) is 25.5 Å². The number of hydrogen-bond donors (Lipinski definition) is 0. The molecule has 1 saturated carbocycles. The summed E-state index contributed by atoms with van der Waals surface area (Å²) < 4.78 is 23.3. The average Bonchev–Trinajstić information content (AvgIpc) is 2.34. The fraction of sp³-hybridized carbons (Fsp3) is 0.500. The third-order valence-corrected chi connectivity index (χ3v) is 5.50. The van der Waals surface area contributed by atoms with Crippen molar-refractivity contribution in [1.29, 1.82) is 5.26 Å². The Balaban J connectivity index is 2.16. The third-order valence-electron chi connectivity index (χ3n) is 3.75. The van der Waals surface area contributed by atoms with Gasteiger partial charge in [-0.3, -0.25) is 0 Å². The number of benzene rings is 1. The van der Waals surface area contributed by atoms with E-state index in [-0.39, 0.29) is 11.2 Å². The van der Waals surface area contributed by atoms with E-state index in [0.29, 0.717) is 4.90 Å². The van der Waals surface area contributed by atoms with Crippen LogP contribution in [-0.4, -0.2) is 14.2 Å². The fourth-order valence-electron chi connectivity index (χ4n) is 2.30. The van der Waals surface area contributed by atoms with Gasteiger partial charge in [-0.15, -0.1) is 0 Å². The Morgan fingerprint density at radius 3 is 2.28 bits per heavy atom. The first kappa shape index (κ1) is 13.1. The molecule has 0 aliphatic heterocycles. The van der Waals surface area contributed by atoms with Crippen LogP contribution in [0.3, 0.4) is 0 Å². The van der Waals surface area contributed by atoms with E-state index in [1.54, 1.807) is 19.1 Å². The smallest absolute Gasteiger partial charge is 0.178 e. The van der Waals surface area contributed by atoms with Crippen LogP contribution in [0.4, 0.5) is 0 Å². The molecule has 0 N–H and O–H groups in total. The second-order valence-electron chi connectivity index (χ2n) is 4.97. The second kappa shape index (κ2) is 4.74. The van der Waals surface area contributed by atoms with E-state index in [4.69, 9.17) is 0 Å². The number of nitrogens with zero attached hydrogens (tertiary/aromatic N) is 1. The van der Waals surface area contributed by atoms with Gasteiger partial charge in [-0.25, -0.2) is 8.42 Å². The van der Waals surface area contributed by atoms with Crippen LogP contribution in [0.5, 0.6) is 0 Å². The maximum Gasteiger partial charge on any atom is 0.178 e. The first-order chi connectivity index (χ1) is 8.51. The van der Waals surface area contributed by atoms with E-state index >= 15 is 0 Å². The number of rotatable bonds is 4. The summed E-state index contributed by atoms with van der Waals surface area (Å²) in [5, 5.41) is 9.17. The molecule has 0 amide bonds. The molecule has 0 unspecified atom stereocenters. The molecule has 0 heterocycles. The molecule has 96 valence electrons. The summed E-state index contributed by atoms with van der Waals surface area (Å²) in [4.78, 5) is 0.369. The molecule has 18 heavy (non-hydrogen) atoms. The van der Waals surface area contributed by atoms with E-state index in [0.717, 1.165) is 31.2 Å². The van der Waals surface area contributed by atoms with Crippen LogP contribution in [-0.2, 0) is 16.3 Å². The molecule has 0 atom stereocenters. The van der Waals surface area contributed by atoms with E-state index in [9.17, 15) is 13.7 Å². The third kappa shape index (κ3) is 2.41. The zero-order valence-electron chi connectivity index (χ0n) is 10.5. The quantitative estimate of drug-likeness (QED) is 0.839. The van der Waals surface area contributed by atoms with Crippen molar-refractivity contribution in [2.45, 2.75) is 37.5 Å². The van der Waals surface area contributed by atoms with Gasteiger partial charge in [0.15, 0.2) is 9.84 Å². The minimum absolute atomic E-state index is 0.120. The molecule has 1 fully saturated rings. The monoisotopic (exact) mass is 263 g/mol. The summed E-state index contributed by atoms with van der Waals surface area (Å²) in [6.07, 6.45) is 3.77. The molecule has 0 spiro atoms. The molecular formula is C14H17NO2S. The van der Waals surface area contributed by atoms with Crippen molar-refractivity contribution in [2.75, 3.05) is 5.75 Å². The zero-order valence-corrected chi connectivity index (χ0v) is 11.3. The van der Waals surface area contributed by atoms with E-state index in [1.165, 1.54) is 0 Å². The summed E-state index contributed by atoms with van der Waals surface area (Å²) in [6, 6.07) is 9.37. The molecule has 0 saturated heterocycles. The van der Waals surface area contributed by atoms with Gasteiger partial charge in [0.05, 0.1) is 22.1 Å². The van der Waals surface area contributed by atoms with Crippen molar-refractivity contribution in [2.24, 2.45) is 5.41 Å². The van der Waals surface area contributed by atoms with Gasteiger partial charge in [-0.05, 0) is 37.0 Å². The van der Waals surface area contributed by atoms with Crippen LogP contribution < -0.4 is 0 Å². The first-order valence-electron chi connectivity index (χ1n) is 6.24. The van der Waals surface area contributed by atoms with Gasteiger partial charge < -0.3 is 0 Å². The maximum absolute atomic E-state index is 11.7. The molecule has 1 aromatic carbocycles. The van der Waals surface area contributed by atoms with E-state index in [1.807, 2.05) is 12.1 Å². The number of hydrogen-bond acceptors (Lipinski definition) is 3. The maximum atomic E-state index is 11.7. The van der Waals surface area contributed by atoms with Crippen LogP contribution in [0.25, 0.3) is 0 Å². The largest absolute Gasteiger partial charge is 0.224 e. The molecule has 0 radical (unpaired) electrons. The van der Waals surface area contributed by atoms with Crippen molar-refractivity contribution in [1.82, 2.24) is 0 Å². The van der Waals surface area contributed by atoms with Gasteiger partial charge >= 0.3 is 0 Å². The summed E-state index contributed by atoms with van der Waals surface area (Å²) in [6.45, 7) is 1.64. The predicted octanol–water partition coefficient (Wildman–Crippen LogP) is 2.72. The van der Waals surface area contributed by atoms with Gasteiger partial charge in [0, 0.05) is 0 Å². The Morgan fingerprint density at radius 2 is 1.89 bits per heavy atom. The Morgan fingerprint density at radius 1 is 1.28 bits per heavy atom. The molecule has 2 rings (SSSR count). The molecule has 0 bridgehead atoms. The van der Waals surface area contributed by atoms with Crippen LogP contribution in [0.2, 0.25) is 0 Å². The van der Waals surface area contributed by atoms with Crippen LogP contribution in [0.15, 0.2) is 29.2 Å². The molecule has 0 aromatic heterocycles. The lowest BCUT2D eigenvalue weighted by atomic mass is 9.66. The molecule has 1 aliphatic carbocycles.